The third-order valence-corrected chi connectivity index (χ3v) is 3.57. The van der Waals surface area contributed by atoms with E-state index in [2.05, 4.69) is 10.3 Å². The number of hydrogen-bond donors (Lipinski definition) is 2. The van der Waals surface area contributed by atoms with Crippen molar-refractivity contribution in [1.82, 2.24) is 4.98 Å². The Morgan fingerprint density at radius 1 is 1.39 bits per heavy atom. The summed E-state index contributed by atoms with van der Waals surface area (Å²) in [6.45, 7) is 2.55. The summed E-state index contributed by atoms with van der Waals surface area (Å²) in [5.74, 6) is 0.685. The fraction of sp³-hybridized carbons (Fsp3) is 0.312. The van der Waals surface area contributed by atoms with Crippen LogP contribution < -0.4 is 10.2 Å². The number of likely N-dealkylation sites (N-methyl/N-ethyl adjacent to an activating group) is 1. The molecule has 2 aromatic rings. The van der Waals surface area contributed by atoms with Gasteiger partial charge in [0.1, 0.15) is 5.82 Å². The molecule has 0 bridgehead atoms. The van der Waals surface area contributed by atoms with Crippen LogP contribution in [0.3, 0.4) is 0 Å². The van der Waals surface area contributed by atoms with Gasteiger partial charge < -0.3 is 15.3 Å². The van der Waals surface area contributed by atoms with Crippen LogP contribution >= 0.6 is 0 Å². The lowest BCUT2D eigenvalue weighted by Gasteiger charge is -2.19. The van der Waals surface area contributed by atoms with E-state index in [1.54, 1.807) is 18.3 Å². The lowest BCUT2D eigenvalue weighted by molar-refractivity contribution is -0.384. The molecular formula is C16H20N4O3. The van der Waals surface area contributed by atoms with Crippen LogP contribution in [0, 0.1) is 10.1 Å². The van der Waals surface area contributed by atoms with Gasteiger partial charge in [-0.25, -0.2) is 4.98 Å². The van der Waals surface area contributed by atoms with E-state index < -0.39 is 4.92 Å². The maximum absolute atomic E-state index is 10.8. The lowest BCUT2D eigenvalue weighted by atomic mass is 10.1. The summed E-state index contributed by atoms with van der Waals surface area (Å²) >= 11 is 0. The number of nitrogens with one attached hydrogen (secondary N) is 1. The molecule has 0 fully saturated rings. The molecule has 1 aromatic heterocycles. The van der Waals surface area contributed by atoms with Crippen LogP contribution in [0.5, 0.6) is 0 Å². The molecule has 0 saturated heterocycles. The number of pyridine rings is 1. The summed E-state index contributed by atoms with van der Waals surface area (Å²) in [6.07, 6.45) is 1.72. The number of hydrogen-bond acceptors (Lipinski definition) is 6. The minimum atomic E-state index is -0.403. The molecule has 1 atom stereocenters. The molecule has 1 unspecified atom stereocenters. The van der Waals surface area contributed by atoms with E-state index in [1.165, 1.54) is 6.07 Å². The summed E-state index contributed by atoms with van der Waals surface area (Å²) in [4.78, 5) is 16.7. The Morgan fingerprint density at radius 3 is 2.78 bits per heavy atom. The zero-order chi connectivity index (χ0) is 16.8. The molecule has 7 nitrogen and oxygen atoms in total. The second-order valence-electron chi connectivity index (χ2n) is 5.26. The molecule has 0 aliphatic heterocycles. The van der Waals surface area contributed by atoms with Crippen molar-refractivity contribution in [3.05, 3.63) is 58.3 Å². The first-order valence-electron chi connectivity index (χ1n) is 7.30. The smallest absolute Gasteiger partial charge is 0.269 e. The standard InChI is InChI=1S/C16H20N4O3/c1-12(13-4-3-5-14(10-13)20(22)23)18-16-7-6-15(11-17-16)19(2)8-9-21/h3-7,10-12,21H,8-9H2,1-2H3,(H,17,18). The largest absolute Gasteiger partial charge is 0.395 e. The highest BCUT2D eigenvalue weighted by molar-refractivity contribution is 5.50. The van der Waals surface area contributed by atoms with Crippen LogP contribution in [0.1, 0.15) is 18.5 Å². The van der Waals surface area contributed by atoms with Crippen molar-refractivity contribution in [1.29, 1.82) is 0 Å². The van der Waals surface area contributed by atoms with E-state index in [0.717, 1.165) is 11.3 Å². The van der Waals surface area contributed by atoms with Gasteiger partial charge in [0.15, 0.2) is 0 Å². The summed E-state index contributed by atoms with van der Waals surface area (Å²) in [6, 6.07) is 10.2. The number of non-ortho nitro benzene ring substituents is 1. The number of nitro groups is 1. The average molecular weight is 316 g/mol. The Bertz CT molecular complexity index is 661. The van der Waals surface area contributed by atoms with Crippen LogP contribution in [0.4, 0.5) is 17.2 Å². The van der Waals surface area contributed by atoms with Crippen molar-refractivity contribution in [2.75, 3.05) is 30.4 Å². The minimum absolute atomic E-state index is 0.0742. The van der Waals surface area contributed by atoms with E-state index >= 15 is 0 Å². The average Bonchev–Trinajstić information content (AvgIpc) is 2.55. The molecule has 1 heterocycles. The summed E-state index contributed by atoms with van der Waals surface area (Å²) in [5, 5.41) is 23.0. The molecule has 7 heteroatoms. The summed E-state index contributed by atoms with van der Waals surface area (Å²) < 4.78 is 0. The zero-order valence-corrected chi connectivity index (χ0v) is 13.1. The van der Waals surface area contributed by atoms with Gasteiger partial charge in [-0.05, 0) is 24.6 Å². The highest BCUT2D eigenvalue weighted by Crippen LogP contribution is 2.22. The molecule has 2 N–H and O–H groups in total. The number of aliphatic hydroxyl groups is 1. The molecule has 2 rings (SSSR count). The van der Waals surface area contributed by atoms with Crippen molar-refractivity contribution in [3.8, 4) is 0 Å². The monoisotopic (exact) mass is 316 g/mol. The van der Waals surface area contributed by atoms with E-state index in [1.807, 2.05) is 37.1 Å². The van der Waals surface area contributed by atoms with Gasteiger partial charge in [0.2, 0.25) is 0 Å². The number of aromatic nitrogens is 1. The van der Waals surface area contributed by atoms with Gasteiger partial charge in [0.25, 0.3) is 5.69 Å². The van der Waals surface area contributed by atoms with Crippen LogP contribution in [-0.4, -0.2) is 35.2 Å². The Labute approximate surface area is 134 Å². The van der Waals surface area contributed by atoms with E-state index in [9.17, 15) is 10.1 Å². The lowest BCUT2D eigenvalue weighted by Crippen LogP contribution is -2.21. The zero-order valence-electron chi connectivity index (χ0n) is 13.1. The van der Waals surface area contributed by atoms with Gasteiger partial charge in [-0.1, -0.05) is 12.1 Å². The Kier molecular flexibility index (Phi) is 5.48. The molecule has 0 aliphatic rings. The predicted molar refractivity (Wildman–Crippen MR) is 89.7 cm³/mol. The normalized spacial score (nSPS) is 11.8. The van der Waals surface area contributed by atoms with Crippen molar-refractivity contribution in [3.63, 3.8) is 0 Å². The second-order valence-corrected chi connectivity index (χ2v) is 5.26. The predicted octanol–water partition coefficient (Wildman–Crippen LogP) is 2.59. The van der Waals surface area contributed by atoms with E-state index in [4.69, 9.17) is 5.11 Å². The van der Waals surface area contributed by atoms with Crippen molar-refractivity contribution in [2.45, 2.75) is 13.0 Å². The van der Waals surface area contributed by atoms with Crippen molar-refractivity contribution < 1.29 is 10.0 Å². The van der Waals surface area contributed by atoms with Crippen LogP contribution in [-0.2, 0) is 0 Å². The van der Waals surface area contributed by atoms with Crippen molar-refractivity contribution in [2.24, 2.45) is 0 Å². The van der Waals surface area contributed by atoms with Gasteiger partial charge >= 0.3 is 0 Å². The number of aliphatic hydroxyl groups excluding tert-OH is 1. The third kappa shape index (κ3) is 4.40. The van der Waals surface area contributed by atoms with Gasteiger partial charge in [-0.3, -0.25) is 10.1 Å². The number of rotatable bonds is 7. The molecule has 0 aliphatic carbocycles. The number of nitro benzene ring substituents is 1. The maximum atomic E-state index is 10.8. The second kappa shape index (κ2) is 7.55. The summed E-state index contributed by atoms with van der Waals surface area (Å²) in [7, 11) is 1.88. The first-order chi connectivity index (χ1) is 11.0. The first kappa shape index (κ1) is 16.7. The molecule has 0 saturated carbocycles. The highest BCUT2D eigenvalue weighted by atomic mass is 16.6. The molecule has 0 spiro atoms. The fourth-order valence-corrected chi connectivity index (χ4v) is 2.19. The Balaban J connectivity index is 2.06. The summed E-state index contributed by atoms with van der Waals surface area (Å²) in [5.41, 5.74) is 1.81. The van der Waals surface area contributed by atoms with Gasteiger partial charge in [-0.2, -0.15) is 0 Å². The SMILES string of the molecule is CC(Nc1ccc(N(C)CCO)cn1)c1cccc([N+](=O)[O-])c1. The van der Waals surface area contributed by atoms with Crippen LogP contribution in [0.25, 0.3) is 0 Å². The highest BCUT2D eigenvalue weighted by Gasteiger charge is 2.11. The van der Waals surface area contributed by atoms with E-state index in [-0.39, 0.29) is 18.3 Å². The van der Waals surface area contributed by atoms with Crippen LogP contribution in [0.2, 0.25) is 0 Å². The first-order valence-corrected chi connectivity index (χ1v) is 7.30. The molecule has 0 amide bonds. The van der Waals surface area contributed by atoms with E-state index in [0.29, 0.717) is 12.4 Å². The topological polar surface area (TPSA) is 91.5 Å². The number of nitrogens with zero attached hydrogens (tertiary/aromatic N) is 3. The molecule has 0 radical (unpaired) electrons. The van der Waals surface area contributed by atoms with Gasteiger partial charge in [0.05, 0.1) is 29.5 Å². The quantitative estimate of drug-likeness (QED) is 0.602. The Morgan fingerprint density at radius 2 is 2.17 bits per heavy atom. The molecule has 23 heavy (non-hydrogen) atoms. The van der Waals surface area contributed by atoms with Gasteiger partial charge in [0, 0.05) is 25.7 Å². The van der Waals surface area contributed by atoms with Gasteiger partial charge in [-0.15, -0.1) is 0 Å². The molecule has 122 valence electrons. The number of benzene rings is 1. The molecule has 1 aromatic carbocycles. The van der Waals surface area contributed by atoms with Crippen molar-refractivity contribution >= 4 is 17.2 Å². The van der Waals surface area contributed by atoms with Crippen LogP contribution in [0.15, 0.2) is 42.6 Å². The third-order valence-electron chi connectivity index (χ3n) is 3.57. The minimum Gasteiger partial charge on any atom is -0.395 e. The molecular weight excluding hydrogens is 296 g/mol. The Hall–Kier alpha value is -2.67. The number of anilines is 2. The maximum Gasteiger partial charge on any atom is 0.269 e. The fourth-order valence-electron chi connectivity index (χ4n) is 2.19.